The third-order valence-corrected chi connectivity index (χ3v) is 3.71. The van der Waals surface area contributed by atoms with Crippen molar-refractivity contribution in [2.75, 3.05) is 13.6 Å². The number of amides is 2. The number of hydrogen-bond acceptors (Lipinski definition) is 4. The molecule has 0 bridgehead atoms. The summed E-state index contributed by atoms with van der Waals surface area (Å²) in [5.41, 5.74) is 0. The van der Waals surface area contributed by atoms with E-state index in [-0.39, 0.29) is 12.3 Å². The highest BCUT2D eigenvalue weighted by atomic mass is 19.4. The second kappa shape index (κ2) is 8.60. The van der Waals surface area contributed by atoms with Crippen LogP contribution in [0.25, 0.3) is 0 Å². The van der Waals surface area contributed by atoms with E-state index < -0.39 is 30.8 Å². The fraction of sp³-hybridized carbons (Fsp3) is 0.786. The summed E-state index contributed by atoms with van der Waals surface area (Å²) in [6.07, 6.45) is -0.484. The summed E-state index contributed by atoms with van der Waals surface area (Å²) in [6.45, 7) is -1.54. The second-order valence-corrected chi connectivity index (χ2v) is 5.60. The van der Waals surface area contributed by atoms with E-state index >= 15 is 0 Å². The molecule has 0 aromatic rings. The number of nitriles is 1. The summed E-state index contributed by atoms with van der Waals surface area (Å²) in [5, 5.41) is 10.3. The van der Waals surface area contributed by atoms with Crippen LogP contribution in [0.5, 0.6) is 0 Å². The fourth-order valence-corrected chi connectivity index (χ4v) is 2.53. The quantitative estimate of drug-likeness (QED) is 0.618. The van der Waals surface area contributed by atoms with E-state index in [2.05, 4.69) is 0 Å². The van der Waals surface area contributed by atoms with Gasteiger partial charge in [-0.1, -0.05) is 32.1 Å². The van der Waals surface area contributed by atoms with Gasteiger partial charge in [-0.05, 0) is 12.3 Å². The van der Waals surface area contributed by atoms with Gasteiger partial charge in [-0.2, -0.15) is 18.4 Å². The lowest BCUT2D eigenvalue weighted by atomic mass is 9.85. The van der Waals surface area contributed by atoms with Crippen LogP contribution >= 0.6 is 0 Å². The molecule has 9 heteroatoms. The summed E-state index contributed by atoms with van der Waals surface area (Å²) in [6, 6.07) is 0. The normalized spacial score (nSPS) is 17.0. The molecule has 0 aromatic carbocycles. The molecular weight excluding hydrogens is 315 g/mol. The van der Waals surface area contributed by atoms with Crippen molar-refractivity contribution < 1.29 is 27.5 Å². The predicted octanol–water partition coefficient (Wildman–Crippen LogP) is 2.55. The van der Waals surface area contributed by atoms with Crippen molar-refractivity contribution in [3.05, 3.63) is 0 Å². The van der Waals surface area contributed by atoms with Gasteiger partial charge in [0, 0.05) is 7.05 Å². The molecule has 0 unspecified atom stereocenters. The molecule has 0 saturated heterocycles. The number of halogens is 3. The van der Waals surface area contributed by atoms with Gasteiger partial charge in [-0.15, -0.1) is 0 Å². The first-order valence-corrected chi connectivity index (χ1v) is 7.41. The Labute approximate surface area is 132 Å². The van der Waals surface area contributed by atoms with Gasteiger partial charge < -0.3 is 10.1 Å². The lowest BCUT2D eigenvalue weighted by Crippen LogP contribution is -2.42. The van der Waals surface area contributed by atoms with Crippen molar-refractivity contribution in [2.45, 2.75) is 50.8 Å². The van der Waals surface area contributed by atoms with Crippen molar-refractivity contribution in [2.24, 2.45) is 5.92 Å². The van der Waals surface area contributed by atoms with Gasteiger partial charge in [-0.3, -0.25) is 4.79 Å². The Hall–Kier alpha value is -1.98. The Morgan fingerprint density at radius 1 is 1.35 bits per heavy atom. The number of carbonyl (C=O) groups is 2. The minimum Gasteiger partial charge on any atom is -0.436 e. The summed E-state index contributed by atoms with van der Waals surface area (Å²) in [4.78, 5) is 24.2. The average molecular weight is 335 g/mol. The Kier molecular flexibility index (Phi) is 7.13. The first kappa shape index (κ1) is 19.1. The van der Waals surface area contributed by atoms with Crippen LogP contribution in [0.4, 0.5) is 18.0 Å². The van der Waals surface area contributed by atoms with E-state index in [0.29, 0.717) is 4.90 Å². The van der Waals surface area contributed by atoms with E-state index in [4.69, 9.17) is 10.00 Å². The fourth-order valence-electron chi connectivity index (χ4n) is 2.53. The first-order valence-electron chi connectivity index (χ1n) is 7.41. The first-order chi connectivity index (χ1) is 10.7. The molecule has 2 amide bonds. The van der Waals surface area contributed by atoms with E-state index in [1.54, 1.807) is 11.5 Å². The highest BCUT2D eigenvalue weighted by molar-refractivity contribution is 5.84. The number of alkyl carbamates (subject to hydrolysis) is 1. The van der Waals surface area contributed by atoms with Crippen LogP contribution in [-0.4, -0.2) is 42.8 Å². The molecule has 0 spiro atoms. The third kappa shape index (κ3) is 7.21. The van der Waals surface area contributed by atoms with Crippen molar-refractivity contribution in [3.63, 3.8) is 0 Å². The molecule has 1 fully saturated rings. The van der Waals surface area contributed by atoms with Gasteiger partial charge in [0.25, 0.3) is 5.91 Å². The second-order valence-electron chi connectivity index (χ2n) is 5.60. The maximum atomic E-state index is 12.1. The molecule has 6 nitrogen and oxygen atoms in total. The maximum Gasteiger partial charge on any atom is 0.408 e. The van der Waals surface area contributed by atoms with Crippen LogP contribution in [0.2, 0.25) is 0 Å². The smallest absolute Gasteiger partial charge is 0.408 e. The Morgan fingerprint density at radius 3 is 2.48 bits per heavy atom. The zero-order chi connectivity index (χ0) is 17.5. The number of rotatable bonds is 5. The summed E-state index contributed by atoms with van der Waals surface area (Å²) >= 11 is 0. The number of likely N-dealkylation sites (N-methyl/N-ethyl adjacent to an activating group) is 1. The van der Waals surface area contributed by atoms with Crippen molar-refractivity contribution in [3.8, 4) is 6.19 Å². The molecule has 0 aliphatic heterocycles. The monoisotopic (exact) mass is 335 g/mol. The molecular formula is C14H20F3N3O3. The number of ether oxygens (including phenoxy) is 1. The number of alkyl halides is 3. The van der Waals surface area contributed by atoms with Crippen LogP contribution in [0.15, 0.2) is 0 Å². The lowest BCUT2D eigenvalue weighted by Gasteiger charge is -2.26. The highest BCUT2D eigenvalue weighted by Gasteiger charge is 2.32. The Bertz CT molecular complexity index is 456. The number of nitrogens with one attached hydrogen (secondary N) is 1. The van der Waals surface area contributed by atoms with Gasteiger partial charge in [0.2, 0.25) is 0 Å². The van der Waals surface area contributed by atoms with Gasteiger partial charge in [0.1, 0.15) is 6.54 Å². The van der Waals surface area contributed by atoms with Crippen molar-refractivity contribution in [1.82, 2.24) is 10.2 Å². The average Bonchev–Trinajstić information content (AvgIpc) is 2.51. The van der Waals surface area contributed by atoms with E-state index in [1.807, 2.05) is 0 Å². The molecule has 1 rings (SSSR count). The summed E-state index contributed by atoms with van der Waals surface area (Å²) < 4.78 is 41.1. The van der Waals surface area contributed by atoms with E-state index in [0.717, 1.165) is 32.1 Å². The molecule has 130 valence electrons. The summed E-state index contributed by atoms with van der Waals surface area (Å²) in [7, 11) is 1.22. The Balaban J connectivity index is 2.64. The van der Waals surface area contributed by atoms with Gasteiger partial charge in [0.15, 0.2) is 12.3 Å². The number of hydrogen-bond donors (Lipinski definition) is 1. The van der Waals surface area contributed by atoms with Crippen LogP contribution in [0.1, 0.15) is 38.5 Å². The number of nitrogens with zero attached hydrogens (tertiary/aromatic N) is 2. The summed E-state index contributed by atoms with van der Waals surface area (Å²) in [5.74, 6) is -0.583. The molecule has 0 aromatic heterocycles. The SMILES string of the molecule is CN(C#N)C(=O)[C@H](CC1CCCCC1)OC(=O)NCC(F)(F)F. The van der Waals surface area contributed by atoms with Crippen LogP contribution < -0.4 is 5.32 Å². The molecule has 0 heterocycles. The van der Waals surface area contributed by atoms with Crippen LogP contribution in [0.3, 0.4) is 0 Å². The van der Waals surface area contributed by atoms with Gasteiger partial charge in [-0.25, -0.2) is 9.69 Å². The molecule has 23 heavy (non-hydrogen) atoms. The predicted molar refractivity (Wildman–Crippen MR) is 73.9 cm³/mol. The molecule has 1 aliphatic carbocycles. The van der Waals surface area contributed by atoms with Gasteiger partial charge >= 0.3 is 12.3 Å². The molecule has 1 saturated carbocycles. The standard InChI is InChI=1S/C14H20F3N3O3/c1-20(9-18)12(21)11(7-10-5-3-2-4-6-10)23-13(22)19-8-14(15,16)17/h10-11H,2-8H2,1H3,(H,19,22)/t11-/m0/s1. The third-order valence-electron chi connectivity index (χ3n) is 3.71. The molecule has 1 N–H and O–H groups in total. The van der Waals surface area contributed by atoms with E-state index in [9.17, 15) is 22.8 Å². The zero-order valence-corrected chi connectivity index (χ0v) is 12.9. The van der Waals surface area contributed by atoms with Crippen molar-refractivity contribution >= 4 is 12.0 Å². The topological polar surface area (TPSA) is 82.4 Å². The maximum absolute atomic E-state index is 12.1. The lowest BCUT2D eigenvalue weighted by molar-refractivity contribution is -0.137. The minimum absolute atomic E-state index is 0.153. The molecule has 1 aliphatic rings. The number of carbonyl (C=O) groups excluding carboxylic acids is 2. The largest absolute Gasteiger partial charge is 0.436 e. The minimum atomic E-state index is -4.56. The van der Waals surface area contributed by atoms with Crippen LogP contribution in [0, 0.1) is 17.4 Å². The highest BCUT2D eigenvalue weighted by Crippen LogP contribution is 2.28. The van der Waals surface area contributed by atoms with Gasteiger partial charge in [0.05, 0.1) is 0 Å². The Morgan fingerprint density at radius 2 is 1.96 bits per heavy atom. The van der Waals surface area contributed by atoms with Crippen LogP contribution in [-0.2, 0) is 9.53 Å². The molecule has 0 radical (unpaired) electrons. The molecule has 1 atom stereocenters. The van der Waals surface area contributed by atoms with E-state index in [1.165, 1.54) is 7.05 Å². The zero-order valence-electron chi connectivity index (χ0n) is 12.9. The van der Waals surface area contributed by atoms with Crippen molar-refractivity contribution in [1.29, 1.82) is 5.26 Å².